The normalized spacial score (nSPS) is 20.0. The van der Waals surface area contributed by atoms with E-state index in [2.05, 4.69) is 15.7 Å². The molecule has 2 aromatic carbocycles. The van der Waals surface area contributed by atoms with Crippen LogP contribution >= 0.6 is 11.6 Å². The Labute approximate surface area is 175 Å². The molecule has 2 atom stereocenters. The number of methoxy groups -OCH3 is 1. The highest BCUT2D eigenvalue weighted by Crippen LogP contribution is 2.32. The Hall–Kier alpha value is -3.53. The lowest BCUT2D eigenvalue weighted by Gasteiger charge is -2.20. The first-order valence-corrected chi connectivity index (χ1v) is 9.21. The highest BCUT2D eigenvalue weighted by atomic mass is 35.5. The maximum atomic E-state index is 13.2. The van der Waals surface area contributed by atoms with Gasteiger partial charge in [-0.2, -0.15) is 5.11 Å². The van der Waals surface area contributed by atoms with Crippen LogP contribution in [0.5, 0.6) is 5.75 Å². The molecule has 0 bridgehead atoms. The van der Waals surface area contributed by atoms with E-state index in [1.54, 1.807) is 12.1 Å². The van der Waals surface area contributed by atoms with E-state index in [4.69, 9.17) is 16.3 Å². The van der Waals surface area contributed by atoms with Gasteiger partial charge in [-0.15, -0.1) is 0 Å². The summed E-state index contributed by atoms with van der Waals surface area (Å²) >= 11 is 6.04. The van der Waals surface area contributed by atoms with Crippen LogP contribution in [-0.4, -0.2) is 48.5 Å². The third kappa shape index (κ3) is 3.45. The third-order valence-electron chi connectivity index (χ3n) is 4.68. The maximum absolute atomic E-state index is 13.2. The van der Waals surface area contributed by atoms with Crippen LogP contribution in [0.1, 0.15) is 0 Å². The van der Waals surface area contributed by atoms with Crippen LogP contribution in [0.4, 0.5) is 15.8 Å². The molecule has 0 aromatic heterocycles. The summed E-state index contributed by atoms with van der Waals surface area (Å²) in [4.78, 5) is 38.8. The highest BCUT2D eigenvalue weighted by molar-refractivity contribution is 6.32. The first kappa shape index (κ1) is 19.8. The number of ether oxygens (including phenoxy) is 1. The molecule has 0 saturated carbocycles. The Balaban J connectivity index is 1.46. The van der Waals surface area contributed by atoms with E-state index in [0.717, 1.165) is 22.0 Å². The zero-order chi connectivity index (χ0) is 21.4. The summed E-state index contributed by atoms with van der Waals surface area (Å²) in [6.45, 7) is -0.301. The molecule has 2 aliphatic rings. The van der Waals surface area contributed by atoms with E-state index < -0.39 is 35.6 Å². The van der Waals surface area contributed by atoms with E-state index in [-0.39, 0.29) is 12.2 Å². The molecule has 4 rings (SSSR count). The molecule has 2 aliphatic heterocycles. The van der Waals surface area contributed by atoms with Crippen molar-refractivity contribution in [2.24, 2.45) is 10.3 Å². The number of anilines is 2. The first-order chi connectivity index (χ1) is 14.4. The van der Waals surface area contributed by atoms with Gasteiger partial charge < -0.3 is 10.1 Å². The Bertz CT molecular complexity index is 1060. The Morgan fingerprint density at radius 1 is 1.20 bits per heavy atom. The van der Waals surface area contributed by atoms with E-state index in [1.807, 2.05) is 0 Å². The van der Waals surface area contributed by atoms with E-state index in [0.29, 0.717) is 16.5 Å². The number of benzene rings is 2. The van der Waals surface area contributed by atoms with Gasteiger partial charge >= 0.3 is 0 Å². The number of carbonyl (C=O) groups is 3. The molecule has 2 heterocycles. The zero-order valence-corrected chi connectivity index (χ0v) is 16.3. The van der Waals surface area contributed by atoms with Crippen molar-refractivity contribution in [3.63, 3.8) is 0 Å². The van der Waals surface area contributed by atoms with E-state index in [9.17, 15) is 18.8 Å². The van der Waals surface area contributed by atoms with Crippen LogP contribution in [0.25, 0.3) is 0 Å². The average Bonchev–Trinajstić information content (AvgIpc) is 3.23. The van der Waals surface area contributed by atoms with E-state index >= 15 is 0 Å². The number of nitrogens with zero attached hydrogens (tertiary/aromatic N) is 4. The van der Waals surface area contributed by atoms with Gasteiger partial charge in [-0.3, -0.25) is 19.4 Å². The van der Waals surface area contributed by atoms with Gasteiger partial charge in [0.15, 0.2) is 12.1 Å². The fourth-order valence-corrected chi connectivity index (χ4v) is 3.55. The van der Waals surface area contributed by atoms with Gasteiger partial charge in [-0.1, -0.05) is 16.8 Å². The van der Waals surface area contributed by atoms with Gasteiger partial charge in [0.25, 0.3) is 11.8 Å². The molecule has 154 valence electrons. The minimum Gasteiger partial charge on any atom is -0.495 e. The molecule has 1 N–H and O–H groups in total. The molecule has 0 aliphatic carbocycles. The summed E-state index contributed by atoms with van der Waals surface area (Å²) < 4.78 is 18.2. The standard InChI is InChI=1S/C19H15ClFN5O4/c1-30-14-7-4-11(8-13(14)20)22-15(27)9-25-17-16(23-24-25)18(28)26(19(17)29)12-5-2-10(21)3-6-12/h2-8,16-17H,9H2,1H3,(H,22,27)/t16-,17-/m1/s1. The Morgan fingerprint density at radius 3 is 2.60 bits per heavy atom. The van der Waals surface area contributed by atoms with E-state index in [1.165, 1.54) is 25.3 Å². The summed E-state index contributed by atoms with van der Waals surface area (Å²) in [6, 6.07) is 7.60. The highest BCUT2D eigenvalue weighted by Gasteiger charge is 2.55. The molecule has 30 heavy (non-hydrogen) atoms. The van der Waals surface area contributed by atoms with Gasteiger partial charge in [0.2, 0.25) is 5.91 Å². The number of imide groups is 1. The monoisotopic (exact) mass is 431 g/mol. The van der Waals surface area contributed by atoms with Crippen molar-refractivity contribution in [1.82, 2.24) is 5.01 Å². The number of nitrogens with one attached hydrogen (secondary N) is 1. The van der Waals surface area contributed by atoms with Crippen molar-refractivity contribution >= 4 is 40.7 Å². The molecule has 0 spiro atoms. The molecule has 3 amide bonds. The minimum atomic E-state index is -1.05. The smallest absolute Gasteiger partial charge is 0.263 e. The Kier molecular flexibility index (Phi) is 5.08. The second kappa shape index (κ2) is 7.71. The lowest BCUT2D eigenvalue weighted by molar-refractivity contribution is -0.123. The lowest BCUT2D eigenvalue weighted by atomic mass is 10.1. The number of rotatable bonds is 5. The summed E-state index contributed by atoms with van der Waals surface area (Å²) in [5.74, 6) is -1.67. The van der Waals surface area contributed by atoms with Crippen LogP contribution < -0.4 is 15.0 Å². The number of amides is 3. The second-order valence-electron chi connectivity index (χ2n) is 6.58. The predicted molar refractivity (Wildman–Crippen MR) is 105 cm³/mol. The zero-order valence-electron chi connectivity index (χ0n) is 15.6. The molecule has 1 fully saturated rings. The maximum Gasteiger partial charge on any atom is 0.263 e. The molecular formula is C19H15ClFN5O4. The molecule has 2 aromatic rings. The molecule has 9 nitrogen and oxygen atoms in total. The van der Waals surface area contributed by atoms with Crippen molar-refractivity contribution in [1.29, 1.82) is 0 Å². The topological polar surface area (TPSA) is 104 Å². The Morgan fingerprint density at radius 2 is 1.93 bits per heavy atom. The minimum absolute atomic E-state index is 0.230. The molecule has 1 saturated heterocycles. The largest absolute Gasteiger partial charge is 0.495 e. The van der Waals surface area contributed by atoms with Gasteiger partial charge in [0.1, 0.15) is 18.1 Å². The molecule has 0 unspecified atom stereocenters. The van der Waals surface area contributed by atoms with Crippen LogP contribution in [0.15, 0.2) is 52.8 Å². The number of fused-ring (bicyclic) bond motifs is 1. The summed E-state index contributed by atoms with van der Waals surface area (Å²) in [6.07, 6.45) is 0. The van der Waals surface area contributed by atoms with Crippen molar-refractivity contribution in [2.75, 3.05) is 23.9 Å². The van der Waals surface area contributed by atoms with Crippen molar-refractivity contribution in [3.8, 4) is 5.75 Å². The molecule has 11 heteroatoms. The van der Waals surface area contributed by atoms with Crippen LogP contribution in [0, 0.1) is 5.82 Å². The number of hydrogen-bond acceptors (Lipinski definition) is 7. The predicted octanol–water partition coefficient (Wildman–Crippen LogP) is 2.42. The second-order valence-corrected chi connectivity index (χ2v) is 6.99. The lowest BCUT2D eigenvalue weighted by Crippen LogP contribution is -2.43. The fourth-order valence-electron chi connectivity index (χ4n) is 3.29. The molecular weight excluding hydrogens is 417 g/mol. The van der Waals surface area contributed by atoms with Crippen molar-refractivity contribution in [3.05, 3.63) is 53.3 Å². The van der Waals surface area contributed by atoms with Crippen LogP contribution in [0.3, 0.4) is 0 Å². The summed E-state index contributed by atoms with van der Waals surface area (Å²) in [5, 5.41) is 11.8. The SMILES string of the molecule is COc1ccc(NC(=O)CN2N=N[C@H]3C(=O)N(c4ccc(F)cc4)C(=O)[C@@H]32)cc1Cl. The fraction of sp³-hybridized carbons (Fsp3) is 0.211. The first-order valence-electron chi connectivity index (χ1n) is 8.83. The van der Waals surface area contributed by atoms with Gasteiger partial charge in [0.05, 0.1) is 17.8 Å². The summed E-state index contributed by atoms with van der Waals surface area (Å²) in [5.41, 5.74) is 0.661. The van der Waals surface area contributed by atoms with Crippen LogP contribution in [0.2, 0.25) is 5.02 Å². The van der Waals surface area contributed by atoms with Crippen molar-refractivity contribution < 1.29 is 23.5 Å². The van der Waals surface area contributed by atoms with Crippen molar-refractivity contribution in [2.45, 2.75) is 12.1 Å². The third-order valence-corrected chi connectivity index (χ3v) is 4.98. The van der Waals surface area contributed by atoms with Crippen LogP contribution in [-0.2, 0) is 14.4 Å². The van der Waals surface area contributed by atoms with Gasteiger partial charge in [0, 0.05) is 5.69 Å². The number of halogens is 2. The summed E-state index contributed by atoms with van der Waals surface area (Å²) in [7, 11) is 1.48. The van der Waals surface area contributed by atoms with Gasteiger partial charge in [-0.25, -0.2) is 9.29 Å². The number of hydrogen-bond donors (Lipinski definition) is 1. The quantitative estimate of drug-likeness (QED) is 0.732. The number of carbonyl (C=O) groups excluding carboxylic acids is 3. The van der Waals surface area contributed by atoms with Gasteiger partial charge in [-0.05, 0) is 42.5 Å². The molecule has 0 radical (unpaired) electrons. The average molecular weight is 432 g/mol.